The third kappa shape index (κ3) is 4.43. The Kier molecular flexibility index (Phi) is 4.57. The van der Waals surface area contributed by atoms with E-state index in [0.29, 0.717) is 0 Å². The summed E-state index contributed by atoms with van der Waals surface area (Å²) in [5, 5.41) is 3.47. The monoisotopic (exact) mass is 248 g/mol. The third-order valence-corrected chi connectivity index (χ3v) is 3.44. The van der Waals surface area contributed by atoms with Crippen molar-refractivity contribution in [2.45, 2.75) is 52.5 Å². The molecule has 0 amide bonds. The fraction of sp³-hybridized carbons (Fsp3) is 0.625. The summed E-state index contributed by atoms with van der Waals surface area (Å²) in [6.45, 7) is 14.7. The van der Waals surface area contributed by atoms with Crippen LogP contribution in [0.2, 0.25) is 0 Å². The third-order valence-electron chi connectivity index (χ3n) is 3.44. The summed E-state index contributed by atoms with van der Waals surface area (Å²) in [5.41, 5.74) is 10.1. The number of nitrogens with one attached hydrogen (secondary N) is 1. The highest BCUT2D eigenvalue weighted by molar-refractivity contribution is 5.34. The largest absolute Gasteiger partial charge is 0.324 e. The Labute approximate surface area is 112 Å². The summed E-state index contributed by atoms with van der Waals surface area (Å²) in [6.07, 6.45) is 0. The lowest BCUT2D eigenvalue weighted by Crippen LogP contribution is -2.46. The van der Waals surface area contributed by atoms with E-state index >= 15 is 0 Å². The molecule has 0 saturated carbocycles. The van der Waals surface area contributed by atoms with Crippen LogP contribution in [0.25, 0.3) is 0 Å². The highest BCUT2D eigenvalue weighted by Gasteiger charge is 2.21. The average Bonchev–Trinajstić information content (AvgIpc) is 2.19. The summed E-state index contributed by atoms with van der Waals surface area (Å²) in [5.74, 6) is 0. The first-order valence-electron chi connectivity index (χ1n) is 6.69. The molecule has 0 saturated heterocycles. The van der Waals surface area contributed by atoms with Crippen LogP contribution in [0.15, 0.2) is 18.2 Å². The van der Waals surface area contributed by atoms with Gasteiger partial charge in [0.15, 0.2) is 0 Å². The molecule has 102 valence electrons. The Morgan fingerprint density at radius 3 is 2.11 bits per heavy atom. The van der Waals surface area contributed by atoms with Crippen LogP contribution < -0.4 is 11.1 Å². The van der Waals surface area contributed by atoms with Crippen molar-refractivity contribution in [2.24, 2.45) is 5.73 Å². The first-order valence-corrected chi connectivity index (χ1v) is 6.69. The number of rotatable bonds is 5. The maximum atomic E-state index is 5.98. The fourth-order valence-electron chi connectivity index (χ4n) is 1.96. The Hall–Kier alpha value is -0.860. The first kappa shape index (κ1) is 15.2. The molecule has 0 atom stereocenters. The topological polar surface area (TPSA) is 38.0 Å². The molecule has 0 fully saturated rings. The fourth-order valence-corrected chi connectivity index (χ4v) is 1.96. The van der Waals surface area contributed by atoms with Crippen molar-refractivity contribution in [3.05, 3.63) is 34.9 Å². The number of nitrogens with two attached hydrogens (primary N) is 1. The number of hydrogen-bond acceptors (Lipinski definition) is 2. The molecule has 0 aliphatic carbocycles. The molecular formula is C16H28N2. The van der Waals surface area contributed by atoms with Gasteiger partial charge in [-0.1, -0.05) is 32.0 Å². The first-order chi connectivity index (χ1) is 8.12. The van der Waals surface area contributed by atoms with Gasteiger partial charge in [-0.05, 0) is 44.4 Å². The van der Waals surface area contributed by atoms with E-state index in [1.54, 1.807) is 0 Å². The van der Waals surface area contributed by atoms with E-state index in [1.165, 1.54) is 16.7 Å². The minimum absolute atomic E-state index is 0.129. The number of aryl methyl sites for hydroxylation is 2. The highest BCUT2D eigenvalue weighted by Crippen LogP contribution is 2.24. The smallest absolute Gasteiger partial charge is 0.0223 e. The van der Waals surface area contributed by atoms with Crippen LogP contribution in [0.4, 0.5) is 0 Å². The molecule has 0 spiro atoms. The van der Waals surface area contributed by atoms with E-state index in [1.807, 2.05) is 13.8 Å². The molecule has 0 bridgehead atoms. The molecule has 0 unspecified atom stereocenters. The van der Waals surface area contributed by atoms with Gasteiger partial charge >= 0.3 is 0 Å². The highest BCUT2D eigenvalue weighted by atomic mass is 14.9. The molecular weight excluding hydrogens is 220 g/mol. The van der Waals surface area contributed by atoms with Gasteiger partial charge in [0.25, 0.3) is 0 Å². The van der Waals surface area contributed by atoms with Crippen molar-refractivity contribution < 1.29 is 0 Å². The van der Waals surface area contributed by atoms with E-state index in [-0.39, 0.29) is 11.0 Å². The average molecular weight is 248 g/mol. The quantitative estimate of drug-likeness (QED) is 0.841. The standard InChI is InChI=1S/C16H28N2/c1-12-7-8-14(9-13(12)2)15(3,4)10-18-11-16(5,6)17/h7-9,18H,10-11,17H2,1-6H3. The Bertz CT molecular complexity index is 400. The lowest BCUT2D eigenvalue weighted by Gasteiger charge is -2.29. The minimum Gasteiger partial charge on any atom is -0.324 e. The maximum absolute atomic E-state index is 5.98. The number of benzene rings is 1. The van der Waals surface area contributed by atoms with Crippen molar-refractivity contribution >= 4 is 0 Å². The van der Waals surface area contributed by atoms with Crippen LogP contribution in [0.1, 0.15) is 44.4 Å². The van der Waals surface area contributed by atoms with Crippen molar-refractivity contribution in [3.8, 4) is 0 Å². The van der Waals surface area contributed by atoms with Crippen molar-refractivity contribution in [2.75, 3.05) is 13.1 Å². The van der Waals surface area contributed by atoms with Crippen molar-refractivity contribution in [1.29, 1.82) is 0 Å². The summed E-state index contributed by atoms with van der Waals surface area (Å²) >= 11 is 0. The van der Waals surface area contributed by atoms with Gasteiger partial charge in [-0.2, -0.15) is 0 Å². The van der Waals surface area contributed by atoms with Crippen LogP contribution in [0, 0.1) is 13.8 Å². The summed E-state index contributed by atoms with van der Waals surface area (Å²) < 4.78 is 0. The molecule has 0 aromatic heterocycles. The van der Waals surface area contributed by atoms with Crippen LogP contribution in [-0.2, 0) is 5.41 Å². The van der Waals surface area contributed by atoms with Crippen LogP contribution >= 0.6 is 0 Å². The van der Waals surface area contributed by atoms with Crippen LogP contribution in [0.3, 0.4) is 0 Å². The van der Waals surface area contributed by atoms with Gasteiger partial charge in [0.1, 0.15) is 0 Å². The van der Waals surface area contributed by atoms with E-state index in [2.05, 4.69) is 51.2 Å². The van der Waals surface area contributed by atoms with Crippen molar-refractivity contribution in [3.63, 3.8) is 0 Å². The molecule has 1 rings (SSSR count). The van der Waals surface area contributed by atoms with Gasteiger partial charge in [-0.25, -0.2) is 0 Å². The van der Waals surface area contributed by atoms with Crippen LogP contribution in [-0.4, -0.2) is 18.6 Å². The lowest BCUT2D eigenvalue weighted by molar-refractivity contribution is 0.411. The molecule has 0 aliphatic heterocycles. The lowest BCUT2D eigenvalue weighted by atomic mass is 9.83. The molecule has 2 heteroatoms. The predicted octanol–water partition coefficient (Wildman–Crippen LogP) is 2.91. The van der Waals surface area contributed by atoms with Crippen molar-refractivity contribution in [1.82, 2.24) is 5.32 Å². The van der Waals surface area contributed by atoms with Gasteiger partial charge < -0.3 is 11.1 Å². The Morgan fingerprint density at radius 2 is 1.61 bits per heavy atom. The summed E-state index contributed by atoms with van der Waals surface area (Å²) in [6, 6.07) is 6.74. The SMILES string of the molecule is Cc1ccc(C(C)(C)CNCC(C)(C)N)cc1C. The molecule has 3 N–H and O–H groups in total. The molecule has 1 aromatic carbocycles. The zero-order valence-electron chi connectivity index (χ0n) is 12.7. The Morgan fingerprint density at radius 1 is 1.00 bits per heavy atom. The molecule has 0 aliphatic rings. The second kappa shape index (κ2) is 5.41. The second-order valence-corrected chi connectivity index (χ2v) is 6.78. The van der Waals surface area contributed by atoms with Gasteiger partial charge in [-0.3, -0.25) is 0 Å². The Balaban J connectivity index is 2.70. The minimum atomic E-state index is -0.153. The summed E-state index contributed by atoms with van der Waals surface area (Å²) in [4.78, 5) is 0. The molecule has 1 aromatic rings. The predicted molar refractivity (Wildman–Crippen MR) is 80.1 cm³/mol. The van der Waals surface area contributed by atoms with Gasteiger partial charge in [-0.15, -0.1) is 0 Å². The van der Waals surface area contributed by atoms with Gasteiger partial charge in [0, 0.05) is 24.0 Å². The normalized spacial score (nSPS) is 12.8. The molecule has 0 radical (unpaired) electrons. The second-order valence-electron chi connectivity index (χ2n) is 6.78. The number of hydrogen-bond donors (Lipinski definition) is 2. The van der Waals surface area contributed by atoms with E-state index in [9.17, 15) is 0 Å². The van der Waals surface area contributed by atoms with Gasteiger partial charge in [0.05, 0.1) is 0 Å². The van der Waals surface area contributed by atoms with E-state index < -0.39 is 0 Å². The maximum Gasteiger partial charge on any atom is 0.0223 e. The zero-order valence-corrected chi connectivity index (χ0v) is 12.7. The van der Waals surface area contributed by atoms with Crippen LogP contribution in [0.5, 0.6) is 0 Å². The zero-order chi connectivity index (χ0) is 14.0. The van der Waals surface area contributed by atoms with E-state index in [0.717, 1.165) is 13.1 Å². The summed E-state index contributed by atoms with van der Waals surface area (Å²) in [7, 11) is 0. The molecule has 0 heterocycles. The van der Waals surface area contributed by atoms with Gasteiger partial charge in [0.2, 0.25) is 0 Å². The molecule has 2 nitrogen and oxygen atoms in total. The molecule has 18 heavy (non-hydrogen) atoms. The van der Waals surface area contributed by atoms with E-state index in [4.69, 9.17) is 5.73 Å².